The highest BCUT2D eigenvalue weighted by atomic mass is 79.9. The van der Waals surface area contributed by atoms with Crippen LogP contribution in [0.3, 0.4) is 0 Å². The summed E-state index contributed by atoms with van der Waals surface area (Å²) in [7, 11) is -3.76. The molecule has 1 unspecified atom stereocenters. The van der Waals surface area contributed by atoms with Crippen molar-refractivity contribution in [3.8, 4) is 0 Å². The van der Waals surface area contributed by atoms with Crippen molar-refractivity contribution in [2.45, 2.75) is 36.8 Å². The third kappa shape index (κ3) is 5.40. The second kappa shape index (κ2) is 8.60. The summed E-state index contributed by atoms with van der Waals surface area (Å²) in [5, 5.41) is 2.34. The molecule has 0 aromatic heterocycles. The average Bonchev–Trinajstić information content (AvgIpc) is 3.46. The number of amides is 1. The first-order valence-corrected chi connectivity index (χ1v) is 11.0. The average molecular weight is 485 g/mol. The lowest BCUT2D eigenvalue weighted by Crippen LogP contribution is -2.30. The number of benzene rings is 2. The van der Waals surface area contributed by atoms with Crippen LogP contribution in [-0.4, -0.2) is 32.4 Å². The third-order valence-electron chi connectivity index (χ3n) is 4.15. The Kier molecular flexibility index (Phi) is 6.35. The molecule has 7 nitrogen and oxygen atoms in total. The van der Waals surface area contributed by atoms with Crippen LogP contribution in [0.15, 0.2) is 51.8 Å². The predicted molar refractivity (Wildman–Crippen MR) is 107 cm³/mol. The highest BCUT2D eigenvalue weighted by Crippen LogP contribution is 2.25. The number of carbonyl (C=O) groups is 2. The number of rotatable bonds is 7. The van der Waals surface area contributed by atoms with Gasteiger partial charge in [-0.25, -0.2) is 22.3 Å². The second-order valence-electron chi connectivity index (χ2n) is 6.55. The Labute approximate surface area is 175 Å². The summed E-state index contributed by atoms with van der Waals surface area (Å²) >= 11 is 3.19. The first kappa shape index (κ1) is 21.4. The minimum Gasteiger partial charge on any atom is -0.449 e. The van der Waals surface area contributed by atoms with Gasteiger partial charge in [0.25, 0.3) is 5.91 Å². The van der Waals surface area contributed by atoms with Gasteiger partial charge in [0, 0.05) is 10.5 Å². The van der Waals surface area contributed by atoms with E-state index >= 15 is 0 Å². The fourth-order valence-corrected chi connectivity index (χ4v) is 4.13. The molecule has 29 heavy (non-hydrogen) atoms. The van der Waals surface area contributed by atoms with Gasteiger partial charge in [0.15, 0.2) is 6.10 Å². The Morgan fingerprint density at radius 1 is 1.21 bits per heavy atom. The zero-order valence-electron chi connectivity index (χ0n) is 15.3. The molecule has 10 heteroatoms. The molecule has 1 atom stereocenters. The molecule has 0 heterocycles. The number of hydrogen-bond acceptors (Lipinski definition) is 5. The van der Waals surface area contributed by atoms with Crippen molar-refractivity contribution < 1.29 is 27.1 Å². The van der Waals surface area contributed by atoms with Crippen LogP contribution in [-0.2, 0) is 19.6 Å². The van der Waals surface area contributed by atoms with Crippen LogP contribution in [0.4, 0.5) is 10.1 Å². The van der Waals surface area contributed by atoms with Gasteiger partial charge in [-0.05, 0) is 66.0 Å². The number of nitrogens with one attached hydrogen (secondary N) is 2. The molecule has 0 bridgehead atoms. The second-order valence-corrected chi connectivity index (χ2v) is 9.12. The van der Waals surface area contributed by atoms with Crippen LogP contribution >= 0.6 is 15.9 Å². The zero-order chi connectivity index (χ0) is 21.2. The molecule has 1 aliphatic rings. The molecule has 0 aliphatic heterocycles. The molecular formula is C19H18BrFN2O5S. The highest BCUT2D eigenvalue weighted by molar-refractivity contribution is 9.10. The molecule has 0 saturated heterocycles. The lowest BCUT2D eigenvalue weighted by molar-refractivity contribution is -0.123. The van der Waals surface area contributed by atoms with Gasteiger partial charge in [-0.15, -0.1) is 0 Å². The summed E-state index contributed by atoms with van der Waals surface area (Å²) in [5.74, 6) is -2.24. The van der Waals surface area contributed by atoms with Crippen molar-refractivity contribution in [3.63, 3.8) is 0 Å². The van der Waals surface area contributed by atoms with E-state index in [9.17, 15) is 22.4 Å². The smallest absolute Gasteiger partial charge is 0.340 e. The molecule has 2 N–H and O–H groups in total. The molecule has 1 amide bonds. The van der Waals surface area contributed by atoms with E-state index in [4.69, 9.17) is 4.74 Å². The monoisotopic (exact) mass is 484 g/mol. The van der Waals surface area contributed by atoms with E-state index in [1.165, 1.54) is 43.3 Å². The summed E-state index contributed by atoms with van der Waals surface area (Å²) in [4.78, 5) is 24.6. The number of sulfonamides is 1. The van der Waals surface area contributed by atoms with Gasteiger partial charge in [-0.2, -0.15) is 0 Å². The Bertz CT molecular complexity index is 1060. The summed E-state index contributed by atoms with van der Waals surface area (Å²) in [6, 6.07) is 9.46. The Morgan fingerprint density at radius 3 is 2.55 bits per heavy atom. The quantitative estimate of drug-likeness (QED) is 0.587. The number of hydrogen-bond donors (Lipinski definition) is 2. The fraction of sp³-hybridized carbons (Fsp3) is 0.263. The number of esters is 1. The first-order chi connectivity index (χ1) is 13.7. The lowest BCUT2D eigenvalue weighted by atomic mass is 10.2. The standard InChI is InChI=1S/C19H18BrFN2O5S/c1-11(18(24)22-17-5-3-2-4-16(17)21)28-19(25)14-10-13(8-9-15(14)20)29(26,27)23-12-6-7-12/h2-5,8-12,23H,6-7H2,1H3,(H,22,24). The molecule has 0 radical (unpaired) electrons. The zero-order valence-corrected chi connectivity index (χ0v) is 17.7. The van der Waals surface area contributed by atoms with E-state index in [0.29, 0.717) is 4.47 Å². The molecule has 3 rings (SSSR count). The molecular weight excluding hydrogens is 467 g/mol. The maximum absolute atomic E-state index is 13.7. The minimum atomic E-state index is -3.76. The summed E-state index contributed by atoms with van der Waals surface area (Å²) in [6.45, 7) is 1.33. The van der Waals surface area contributed by atoms with Crippen LogP contribution in [0, 0.1) is 5.82 Å². The number of carbonyl (C=O) groups excluding carboxylic acids is 2. The minimum absolute atomic E-state index is 0.0409. The lowest BCUT2D eigenvalue weighted by Gasteiger charge is -2.15. The molecule has 1 fully saturated rings. The van der Waals surface area contributed by atoms with Gasteiger partial charge in [0.1, 0.15) is 5.82 Å². The van der Waals surface area contributed by atoms with Gasteiger partial charge in [-0.1, -0.05) is 12.1 Å². The maximum Gasteiger partial charge on any atom is 0.340 e. The van der Waals surface area contributed by atoms with E-state index in [0.717, 1.165) is 12.8 Å². The highest BCUT2D eigenvalue weighted by Gasteiger charge is 2.29. The van der Waals surface area contributed by atoms with E-state index in [-0.39, 0.29) is 22.2 Å². The summed E-state index contributed by atoms with van der Waals surface area (Å²) in [6.07, 6.45) is 0.317. The van der Waals surface area contributed by atoms with Gasteiger partial charge in [0.2, 0.25) is 10.0 Å². The molecule has 154 valence electrons. The SMILES string of the molecule is CC(OC(=O)c1cc(S(=O)(=O)NC2CC2)ccc1Br)C(=O)Nc1ccccc1F. The van der Waals surface area contributed by atoms with Gasteiger partial charge < -0.3 is 10.1 Å². The molecule has 2 aromatic carbocycles. The topological polar surface area (TPSA) is 102 Å². The predicted octanol–water partition coefficient (Wildman–Crippen LogP) is 3.21. The van der Waals surface area contributed by atoms with Crippen LogP contribution in [0.1, 0.15) is 30.1 Å². The molecule has 0 spiro atoms. The number of anilines is 1. The van der Waals surface area contributed by atoms with Crippen molar-refractivity contribution in [2.24, 2.45) is 0 Å². The van der Waals surface area contributed by atoms with Gasteiger partial charge in [0.05, 0.1) is 16.1 Å². The Morgan fingerprint density at radius 2 is 1.90 bits per heavy atom. The van der Waals surface area contributed by atoms with Crippen LogP contribution in [0.2, 0.25) is 0 Å². The van der Waals surface area contributed by atoms with Crippen molar-refractivity contribution in [3.05, 3.63) is 58.3 Å². The van der Waals surface area contributed by atoms with Crippen molar-refractivity contribution in [1.29, 1.82) is 0 Å². The summed E-state index contributed by atoms with van der Waals surface area (Å²) in [5.41, 5.74) is -0.0879. The maximum atomic E-state index is 13.7. The van der Waals surface area contributed by atoms with Crippen molar-refractivity contribution >= 4 is 43.5 Å². The number of para-hydroxylation sites is 1. The largest absolute Gasteiger partial charge is 0.449 e. The van der Waals surface area contributed by atoms with Crippen molar-refractivity contribution in [1.82, 2.24) is 4.72 Å². The normalized spacial score (nSPS) is 14.9. The Balaban J connectivity index is 1.71. The fourth-order valence-electron chi connectivity index (χ4n) is 2.39. The third-order valence-corrected chi connectivity index (χ3v) is 6.36. The molecule has 1 aliphatic carbocycles. The number of halogens is 2. The van der Waals surface area contributed by atoms with Gasteiger partial charge in [-0.3, -0.25) is 4.79 Å². The van der Waals surface area contributed by atoms with Gasteiger partial charge >= 0.3 is 5.97 Å². The van der Waals surface area contributed by atoms with E-state index in [1.54, 1.807) is 6.07 Å². The van der Waals surface area contributed by atoms with E-state index in [1.807, 2.05) is 0 Å². The van der Waals surface area contributed by atoms with Crippen LogP contribution in [0.25, 0.3) is 0 Å². The Hall–Kier alpha value is -2.30. The molecule has 2 aromatic rings. The summed E-state index contributed by atoms with van der Waals surface area (Å²) < 4.78 is 46.3. The van der Waals surface area contributed by atoms with Crippen LogP contribution in [0.5, 0.6) is 0 Å². The van der Waals surface area contributed by atoms with E-state index < -0.39 is 33.8 Å². The van der Waals surface area contributed by atoms with Crippen molar-refractivity contribution in [2.75, 3.05) is 5.32 Å². The first-order valence-electron chi connectivity index (χ1n) is 8.75. The number of ether oxygens (including phenoxy) is 1. The van der Waals surface area contributed by atoms with Crippen LogP contribution < -0.4 is 10.0 Å². The molecule has 1 saturated carbocycles. The van der Waals surface area contributed by atoms with E-state index in [2.05, 4.69) is 26.0 Å².